The van der Waals surface area contributed by atoms with Crippen LogP contribution in [0.4, 0.5) is 17.6 Å². The Morgan fingerprint density at radius 1 is 1.35 bits per heavy atom. The van der Waals surface area contributed by atoms with Crippen molar-refractivity contribution in [1.29, 1.82) is 0 Å². The van der Waals surface area contributed by atoms with E-state index in [1.807, 2.05) is 0 Å². The second-order valence-electron chi connectivity index (χ2n) is 3.82. The van der Waals surface area contributed by atoms with Crippen LogP contribution in [0.15, 0.2) is 20.2 Å². The Morgan fingerprint density at radius 2 is 2.00 bits per heavy atom. The first-order valence-corrected chi connectivity index (χ1v) is 7.95. The largest absolute Gasteiger partial charge is 0.469 e. The summed E-state index contributed by atoms with van der Waals surface area (Å²) in [5, 5.41) is 0. The van der Waals surface area contributed by atoms with E-state index in [0.29, 0.717) is 10.9 Å². The van der Waals surface area contributed by atoms with Crippen LogP contribution in [-0.4, -0.2) is 15.8 Å². The van der Waals surface area contributed by atoms with Crippen molar-refractivity contribution in [2.45, 2.75) is 31.0 Å². The van der Waals surface area contributed by atoms with Gasteiger partial charge >= 0.3 is 6.18 Å². The molecule has 17 heavy (non-hydrogen) atoms. The minimum atomic E-state index is -4.43. The number of ether oxygens (including phenoxy) is 1. The minimum Gasteiger partial charge on any atom is -0.469 e. The standard InChI is InChI=1S/C10H8BrF4IO/c11-6-4-7(12)8(16-5-6)17-9(2-1-3-9)10(13,14)15/h4-5H,1-3H2. The van der Waals surface area contributed by atoms with E-state index in [1.54, 1.807) is 4.01 Å². The van der Waals surface area contributed by atoms with Gasteiger partial charge in [0.1, 0.15) is 0 Å². The average molecular weight is 427 g/mol. The zero-order valence-electron chi connectivity index (χ0n) is 8.45. The highest BCUT2D eigenvalue weighted by Gasteiger charge is 2.61. The molecule has 0 aromatic carbocycles. The van der Waals surface area contributed by atoms with E-state index in [4.69, 9.17) is 4.74 Å². The van der Waals surface area contributed by atoms with Crippen molar-refractivity contribution < 1.29 is 22.3 Å². The van der Waals surface area contributed by atoms with Gasteiger partial charge in [0.2, 0.25) is 5.60 Å². The van der Waals surface area contributed by atoms with Crippen molar-refractivity contribution in [3.63, 3.8) is 0 Å². The van der Waals surface area contributed by atoms with Gasteiger partial charge in [0.15, 0.2) is 9.59 Å². The van der Waals surface area contributed by atoms with Crippen LogP contribution in [0.5, 0.6) is 0 Å². The number of allylic oxidation sites excluding steroid dienone is 3. The summed E-state index contributed by atoms with van der Waals surface area (Å²) in [6.07, 6.45) is -2.98. The van der Waals surface area contributed by atoms with Crippen LogP contribution in [0, 0.1) is 0 Å². The van der Waals surface area contributed by atoms with E-state index in [9.17, 15) is 17.6 Å². The van der Waals surface area contributed by atoms with Gasteiger partial charge in [0.05, 0.1) is 0 Å². The van der Waals surface area contributed by atoms with Crippen molar-refractivity contribution in [3.8, 4) is 0 Å². The van der Waals surface area contributed by atoms with Gasteiger partial charge in [-0.3, -0.25) is 0 Å². The Hall–Kier alpha value is 0.0800. The molecule has 0 saturated heterocycles. The summed E-state index contributed by atoms with van der Waals surface area (Å²) in [5.74, 6) is -0.692. The van der Waals surface area contributed by atoms with Crippen molar-refractivity contribution >= 4 is 40.7 Å². The first kappa shape index (κ1) is 13.5. The maximum Gasteiger partial charge on any atom is 0.428 e. The lowest BCUT2D eigenvalue weighted by Crippen LogP contribution is -2.52. The zero-order valence-corrected chi connectivity index (χ0v) is 12.2. The molecule has 0 unspecified atom stereocenters. The van der Waals surface area contributed by atoms with E-state index in [1.165, 1.54) is 0 Å². The van der Waals surface area contributed by atoms with Crippen LogP contribution in [0.3, 0.4) is 0 Å². The average Bonchev–Trinajstić information content (AvgIpc) is 2.11. The smallest absolute Gasteiger partial charge is 0.428 e. The zero-order chi connectivity index (χ0) is 12.7. The third-order valence-corrected chi connectivity index (χ3v) is 6.27. The molecule has 1 nitrogen and oxygen atoms in total. The minimum absolute atomic E-state index is 0.0814. The highest BCUT2D eigenvalue weighted by molar-refractivity contribution is 14.2. The molecule has 7 heteroatoms. The summed E-state index contributed by atoms with van der Waals surface area (Å²) in [4.78, 5) is 0. The van der Waals surface area contributed by atoms with Crippen molar-refractivity contribution in [1.82, 2.24) is 0 Å². The Labute approximate surface area is 114 Å². The molecule has 1 fully saturated rings. The summed E-state index contributed by atoms with van der Waals surface area (Å²) in [7, 11) is 0. The second-order valence-corrected chi connectivity index (χ2v) is 6.96. The molecule has 1 heterocycles. The Morgan fingerprint density at radius 3 is 2.41 bits per heavy atom. The highest BCUT2D eigenvalue weighted by atomic mass is 127. The fourth-order valence-corrected chi connectivity index (χ4v) is 4.09. The van der Waals surface area contributed by atoms with E-state index in [2.05, 4.69) is 15.9 Å². The molecule has 96 valence electrons. The molecule has 0 N–H and O–H groups in total. The lowest BCUT2D eigenvalue weighted by atomic mass is 9.79. The maximum absolute atomic E-state index is 13.5. The number of hydrogen-bond donors (Lipinski definition) is 0. The summed E-state index contributed by atoms with van der Waals surface area (Å²) < 4.78 is 59.0. The molecule has 0 atom stereocenters. The number of halogens is 6. The van der Waals surface area contributed by atoms with E-state index in [0.717, 1.165) is 6.08 Å². The lowest BCUT2D eigenvalue weighted by molar-refractivity contribution is -0.288. The number of hydrogen-bond acceptors (Lipinski definition) is 1. The molecule has 0 spiro atoms. The van der Waals surface area contributed by atoms with Crippen LogP contribution in [0.25, 0.3) is 0 Å². The fourth-order valence-electron chi connectivity index (χ4n) is 1.55. The van der Waals surface area contributed by atoms with Gasteiger partial charge in [-0.2, -0.15) is 13.2 Å². The fraction of sp³-hybridized carbons (Fsp3) is 0.500. The molecule has 2 rings (SSSR count). The molecule has 0 aromatic heterocycles. The Bertz CT molecular complexity index is 421. The van der Waals surface area contributed by atoms with Gasteiger partial charge in [-0.15, -0.1) is 0 Å². The predicted octanol–water partition coefficient (Wildman–Crippen LogP) is 4.69. The molecule has 1 aliphatic carbocycles. The SMILES string of the molecule is FC1=C(OC2(C(F)(F)F)CCC2)I=CC(Br)=C1. The first-order valence-electron chi connectivity index (χ1n) is 4.83. The molecule has 1 aliphatic heterocycles. The van der Waals surface area contributed by atoms with Gasteiger partial charge in [-0.05, 0) is 50.1 Å². The van der Waals surface area contributed by atoms with Gasteiger partial charge in [0.25, 0.3) is 0 Å². The van der Waals surface area contributed by atoms with E-state index >= 15 is 0 Å². The van der Waals surface area contributed by atoms with E-state index in [-0.39, 0.29) is 16.6 Å². The topological polar surface area (TPSA) is 9.23 Å². The predicted molar refractivity (Wildman–Crippen MR) is 69.0 cm³/mol. The summed E-state index contributed by atoms with van der Waals surface area (Å²) >= 11 is 2.11. The molecule has 2 aliphatic rings. The van der Waals surface area contributed by atoms with Gasteiger partial charge < -0.3 is 4.74 Å². The lowest BCUT2D eigenvalue weighted by Gasteiger charge is -2.42. The second kappa shape index (κ2) is 4.64. The van der Waals surface area contributed by atoms with E-state index < -0.39 is 38.3 Å². The monoisotopic (exact) mass is 426 g/mol. The Kier molecular flexibility index (Phi) is 3.69. The molecule has 0 bridgehead atoms. The third-order valence-electron chi connectivity index (χ3n) is 2.67. The summed E-state index contributed by atoms with van der Waals surface area (Å²) in [6, 6.07) is 0. The third kappa shape index (κ3) is 2.59. The van der Waals surface area contributed by atoms with Crippen molar-refractivity contribution in [2.75, 3.05) is 0 Å². The summed E-state index contributed by atoms with van der Waals surface area (Å²) in [6.45, 7) is 0. The maximum atomic E-state index is 13.5. The van der Waals surface area contributed by atoms with Crippen molar-refractivity contribution in [3.05, 3.63) is 20.2 Å². The molecule has 0 radical (unpaired) electrons. The quantitative estimate of drug-likeness (QED) is 0.459. The van der Waals surface area contributed by atoms with Crippen molar-refractivity contribution in [2.24, 2.45) is 0 Å². The first-order chi connectivity index (χ1) is 7.84. The summed E-state index contributed by atoms with van der Waals surface area (Å²) in [5.41, 5.74) is -2.15. The van der Waals surface area contributed by atoms with Crippen LogP contribution < -0.4 is 0 Å². The molecule has 1 saturated carbocycles. The van der Waals surface area contributed by atoms with Crippen LogP contribution in [0.2, 0.25) is 0 Å². The van der Waals surface area contributed by atoms with Crippen LogP contribution in [0.1, 0.15) is 19.3 Å². The van der Waals surface area contributed by atoms with Gasteiger partial charge in [-0.25, -0.2) is 4.39 Å². The normalized spacial score (nSPS) is 23.7. The molecular formula is C10H8BrF4IO. The number of alkyl halides is 3. The highest BCUT2D eigenvalue weighted by Crippen LogP contribution is 2.51. The van der Waals surface area contributed by atoms with Gasteiger partial charge in [-0.1, -0.05) is 15.9 Å². The van der Waals surface area contributed by atoms with Crippen LogP contribution >= 0.6 is 36.7 Å². The number of rotatable bonds is 2. The molecule has 0 amide bonds. The molecular weight excluding hydrogens is 419 g/mol. The van der Waals surface area contributed by atoms with Gasteiger partial charge in [0, 0.05) is 4.48 Å². The Balaban J connectivity index is 2.22. The van der Waals surface area contributed by atoms with Crippen LogP contribution in [-0.2, 0) is 4.74 Å². The molecule has 0 aromatic rings.